The van der Waals surface area contributed by atoms with Gasteiger partial charge in [0.25, 0.3) is 0 Å². The van der Waals surface area contributed by atoms with Gasteiger partial charge in [0.15, 0.2) is 16.6 Å². The second kappa shape index (κ2) is 9.30. The van der Waals surface area contributed by atoms with Crippen LogP contribution >= 0.6 is 11.3 Å². The predicted molar refractivity (Wildman–Crippen MR) is 119 cm³/mol. The van der Waals surface area contributed by atoms with Gasteiger partial charge in [0, 0.05) is 25.8 Å². The summed E-state index contributed by atoms with van der Waals surface area (Å²) in [6, 6.07) is 9.72. The fourth-order valence-corrected chi connectivity index (χ4v) is 4.71. The molecule has 0 spiro atoms. The number of piperidine rings is 1. The number of methoxy groups -OCH3 is 2. The molecule has 1 N–H and O–H groups in total. The first kappa shape index (κ1) is 20.4. The molecule has 0 aliphatic carbocycles. The van der Waals surface area contributed by atoms with E-state index in [4.69, 9.17) is 14.5 Å². The normalized spacial score (nSPS) is 16.5. The number of nitrogens with one attached hydrogen (secondary N) is 1. The van der Waals surface area contributed by atoms with Crippen molar-refractivity contribution in [3.63, 3.8) is 0 Å². The smallest absolute Gasteiger partial charge is 0.224 e. The van der Waals surface area contributed by atoms with Gasteiger partial charge >= 0.3 is 0 Å². The van der Waals surface area contributed by atoms with E-state index >= 15 is 0 Å². The molecule has 1 aliphatic heterocycles. The third kappa shape index (κ3) is 4.48. The zero-order chi connectivity index (χ0) is 20.9. The summed E-state index contributed by atoms with van der Waals surface area (Å²) < 4.78 is 10.6. The van der Waals surface area contributed by atoms with E-state index in [9.17, 15) is 4.79 Å². The molecule has 3 aromatic rings. The van der Waals surface area contributed by atoms with Gasteiger partial charge < -0.3 is 19.7 Å². The molecule has 7 nitrogen and oxygen atoms in total. The van der Waals surface area contributed by atoms with Crippen LogP contribution in [0.4, 0.5) is 5.13 Å². The number of carbonyl (C=O) groups excluding carboxylic acids is 1. The Morgan fingerprint density at radius 1 is 1.27 bits per heavy atom. The molecule has 2 aromatic heterocycles. The van der Waals surface area contributed by atoms with Gasteiger partial charge in [-0.1, -0.05) is 17.4 Å². The maximum Gasteiger partial charge on any atom is 0.224 e. The number of thiazole rings is 1. The van der Waals surface area contributed by atoms with E-state index in [1.165, 1.54) is 0 Å². The molecule has 1 fully saturated rings. The Balaban J connectivity index is 1.32. The van der Waals surface area contributed by atoms with E-state index in [1.54, 1.807) is 31.8 Å². The minimum Gasteiger partial charge on any atom is -0.493 e. The molecule has 0 bridgehead atoms. The maximum atomic E-state index is 12.7. The SMILES string of the molecule is COc1ccc(CCNC(=O)[C@@H]2CCCN(c3nc4cccnc4s3)C2)cc1OC. The van der Waals surface area contributed by atoms with Gasteiger partial charge in [-0.15, -0.1) is 0 Å². The van der Waals surface area contributed by atoms with Crippen molar-refractivity contribution in [2.45, 2.75) is 19.3 Å². The van der Waals surface area contributed by atoms with Crippen molar-refractivity contribution in [1.29, 1.82) is 0 Å². The van der Waals surface area contributed by atoms with E-state index in [2.05, 4.69) is 15.2 Å². The standard InChI is InChI=1S/C22H26N4O3S/c1-28-18-8-7-15(13-19(18)29-2)9-11-23-20(27)16-5-4-12-26(14-16)22-25-17-6-3-10-24-21(17)30-22/h3,6-8,10,13,16H,4-5,9,11-12,14H2,1-2H3,(H,23,27)/t16-/m1/s1. The van der Waals surface area contributed by atoms with Crippen LogP contribution in [0.5, 0.6) is 11.5 Å². The summed E-state index contributed by atoms with van der Waals surface area (Å²) in [5.41, 5.74) is 2.01. The Morgan fingerprint density at radius 2 is 2.13 bits per heavy atom. The first-order chi connectivity index (χ1) is 14.7. The van der Waals surface area contributed by atoms with Crippen LogP contribution in [0.1, 0.15) is 18.4 Å². The topological polar surface area (TPSA) is 76.6 Å². The number of hydrogen-bond donors (Lipinski definition) is 1. The number of benzene rings is 1. The van der Waals surface area contributed by atoms with Crippen molar-refractivity contribution < 1.29 is 14.3 Å². The van der Waals surface area contributed by atoms with Gasteiger partial charge in [-0.05, 0) is 49.1 Å². The number of aromatic nitrogens is 2. The maximum absolute atomic E-state index is 12.7. The quantitative estimate of drug-likeness (QED) is 0.625. The summed E-state index contributed by atoms with van der Waals surface area (Å²) in [4.78, 5) is 25.0. The van der Waals surface area contributed by atoms with Crippen LogP contribution in [0.25, 0.3) is 10.3 Å². The van der Waals surface area contributed by atoms with Gasteiger partial charge in [0.05, 0.1) is 20.1 Å². The molecule has 8 heteroatoms. The second-order valence-electron chi connectivity index (χ2n) is 7.34. The average Bonchev–Trinajstić information content (AvgIpc) is 3.23. The molecule has 158 valence electrons. The molecule has 1 atom stereocenters. The number of fused-ring (bicyclic) bond motifs is 1. The van der Waals surface area contributed by atoms with Gasteiger partial charge in [0.2, 0.25) is 5.91 Å². The van der Waals surface area contributed by atoms with Crippen LogP contribution in [0.3, 0.4) is 0 Å². The number of rotatable bonds is 7. The highest BCUT2D eigenvalue weighted by Crippen LogP contribution is 2.30. The molecule has 1 aromatic carbocycles. The van der Waals surface area contributed by atoms with Crippen molar-refractivity contribution in [2.75, 3.05) is 38.8 Å². The van der Waals surface area contributed by atoms with Crippen molar-refractivity contribution in [3.8, 4) is 11.5 Å². The lowest BCUT2D eigenvalue weighted by Gasteiger charge is -2.31. The summed E-state index contributed by atoms with van der Waals surface area (Å²) in [5, 5.41) is 4.05. The van der Waals surface area contributed by atoms with Crippen LogP contribution < -0.4 is 19.7 Å². The minimum absolute atomic E-state index is 0.0240. The number of nitrogens with zero attached hydrogens (tertiary/aromatic N) is 3. The zero-order valence-electron chi connectivity index (χ0n) is 17.3. The second-order valence-corrected chi connectivity index (χ2v) is 8.30. The van der Waals surface area contributed by atoms with E-state index in [0.29, 0.717) is 24.6 Å². The highest BCUT2D eigenvalue weighted by Gasteiger charge is 2.27. The Labute approximate surface area is 180 Å². The van der Waals surface area contributed by atoms with Crippen molar-refractivity contribution in [2.24, 2.45) is 5.92 Å². The number of pyridine rings is 1. The zero-order valence-corrected chi connectivity index (χ0v) is 18.1. The van der Waals surface area contributed by atoms with Crippen molar-refractivity contribution >= 4 is 32.7 Å². The molecule has 1 amide bonds. The van der Waals surface area contributed by atoms with Gasteiger partial charge in [0.1, 0.15) is 10.3 Å². The molecule has 30 heavy (non-hydrogen) atoms. The highest BCUT2D eigenvalue weighted by molar-refractivity contribution is 7.21. The van der Waals surface area contributed by atoms with Crippen LogP contribution in [-0.2, 0) is 11.2 Å². The highest BCUT2D eigenvalue weighted by atomic mass is 32.1. The van der Waals surface area contributed by atoms with Crippen LogP contribution in [-0.4, -0.2) is 49.7 Å². The summed E-state index contributed by atoms with van der Waals surface area (Å²) in [6.07, 6.45) is 4.42. The van der Waals surface area contributed by atoms with Gasteiger partial charge in [-0.2, -0.15) is 0 Å². The van der Waals surface area contributed by atoms with Crippen LogP contribution in [0, 0.1) is 5.92 Å². The first-order valence-corrected chi connectivity index (χ1v) is 10.9. The fraction of sp³-hybridized carbons (Fsp3) is 0.409. The molecule has 0 saturated carbocycles. The lowest BCUT2D eigenvalue weighted by molar-refractivity contribution is -0.125. The molecular weight excluding hydrogens is 400 g/mol. The van der Waals surface area contributed by atoms with E-state index in [0.717, 1.165) is 46.8 Å². The van der Waals surface area contributed by atoms with Crippen LogP contribution in [0.15, 0.2) is 36.5 Å². The molecular formula is C22H26N4O3S. The molecule has 1 aliphatic rings. The summed E-state index contributed by atoms with van der Waals surface area (Å²) in [6.45, 7) is 2.22. The molecule has 1 saturated heterocycles. The minimum atomic E-state index is -0.0240. The third-order valence-electron chi connectivity index (χ3n) is 5.38. The molecule has 0 unspecified atom stereocenters. The number of hydrogen-bond acceptors (Lipinski definition) is 7. The average molecular weight is 427 g/mol. The molecule has 3 heterocycles. The third-order valence-corrected chi connectivity index (χ3v) is 6.42. The predicted octanol–water partition coefficient (Wildman–Crippen LogP) is 3.28. The number of amides is 1. The lowest BCUT2D eigenvalue weighted by Crippen LogP contribution is -2.43. The summed E-state index contributed by atoms with van der Waals surface area (Å²) in [5.74, 6) is 1.50. The van der Waals surface area contributed by atoms with E-state index in [-0.39, 0.29) is 11.8 Å². The monoisotopic (exact) mass is 426 g/mol. The summed E-state index contributed by atoms with van der Waals surface area (Å²) >= 11 is 1.59. The largest absolute Gasteiger partial charge is 0.493 e. The van der Waals surface area contributed by atoms with E-state index < -0.39 is 0 Å². The van der Waals surface area contributed by atoms with E-state index in [1.807, 2.05) is 30.3 Å². The molecule has 4 rings (SSSR count). The van der Waals surface area contributed by atoms with Crippen LogP contribution in [0.2, 0.25) is 0 Å². The Kier molecular flexibility index (Phi) is 6.32. The number of carbonyl (C=O) groups is 1. The Bertz CT molecular complexity index is 990. The van der Waals surface area contributed by atoms with Gasteiger partial charge in [-0.3, -0.25) is 4.79 Å². The Hall–Kier alpha value is -2.87. The van der Waals surface area contributed by atoms with Crippen molar-refractivity contribution in [3.05, 3.63) is 42.1 Å². The Morgan fingerprint density at radius 3 is 2.93 bits per heavy atom. The first-order valence-electron chi connectivity index (χ1n) is 10.1. The number of anilines is 1. The number of ether oxygens (including phenoxy) is 2. The molecule has 0 radical (unpaired) electrons. The summed E-state index contributed by atoms with van der Waals surface area (Å²) in [7, 11) is 3.25. The van der Waals surface area contributed by atoms with Gasteiger partial charge in [-0.25, -0.2) is 9.97 Å². The fourth-order valence-electron chi connectivity index (χ4n) is 3.77. The van der Waals surface area contributed by atoms with Crippen molar-refractivity contribution in [1.82, 2.24) is 15.3 Å². The lowest BCUT2D eigenvalue weighted by atomic mass is 9.97.